The van der Waals surface area contributed by atoms with E-state index < -0.39 is 0 Å². The van der Waals surface area contributed by atoms with Gasteiger partial charge in [-0.3, -0.25) is 4.68 Å². The summed E-state index contributed by atoms with van der Waals surface area (Å²) < 4.78 is 1.95. The quantitative estimate of drug-likeness (QED) is 0.757. The van der Waals surface area contributed by atoms with Crippen molar-refractivity contribution in [2.75, 3.05) is 12.8 Å². The number of hydrogen-bond acceptors (Lipinski definition) is 3. The van der Waals surface area contributed by atoms with Gasteiger partial charge in [0.15, 0.2) is 0 Å². The van der Waals surface area contributed by atoms with E-state index in [1.54, 1.807) is 0 Å². The molecule has 0 spiro atoms. The van der Waals surface area contributed by atoms with Crippen LogP contribution in [0.15, 0.2) is 11.1 Å². The predicted molar refractivity (Wildman–Crippen MR) is 61.8 cm³/mol. The molecule has 14 heavy (non-hydrogen) atoms. The average molecular weight is 213 g/mol. The van der Waals surface area contributed by atoms with E-state index >= 15 is 0 Å². The van der Waals surface area contributed by atoms with Gasteiger partial charge in [0.05, 0.1) is 10.7 Å². The predicted octanol–water partition coefficient (Wildman–Crippen LogP) is 1.82. The van der Waals surface area contributed by atoms with Gasteiger partial charge in [-0.25, -0.2) is 0 Å². The Hall–Kier alpha value is -0.480. The van der Waals surface area contributed by atoms with Crippen LogP contribution in [-0.4, -0.2) is 28.6 Å². The highest BCUT2D eigenvalue weighted by atomic mass is 32.2. The average Bonchev–Trinajstić information content (AvgIpc) is 2.47. The van der Waals surface area contributed by atoms with E-state index in [4.69, 9.17) is 0 Å². The van der Waals surface area contributed by atoms with Gasteiger partial charge in [-0.05, 0) is 26.5 Å². The Morgan fingerprint density at radius 2 is 2.36 bits per heavy atom. The number of aromatic nitrogens is 2. The summed E-state index contributed by atoms with van der Waals surface area (Å²) in [7, 11) is 4.01. The van der Waals surface area contributed by atoms with Crippen molar-refractivity contribution in [3.63, 3.8) is 0 Å². The van der Waals surface area contributed by atoms with Crippen molar-refractivity contribution in [2.45, 2.75) is 31.3 Å². The standard InChI is InChI=1S/C10H19N3S/c1-5-9(11-3)7-14-10-6-8(2)12-13(10)4/h6,9,11H,5,7H2,1-4H3. The topological polar surface area (TPSA) is 29.9 Å². The summed E-state index contributed by atoms with van der Waals surface area (Å²) in [6.45, 7) is 4.23. The molecule has 0 fully saturated rings. The van der Waals surface area contributed by atoms with Crippen LogP contribution < -0.4 is 5.32 Å². The van der Waals surface area contributed by atoms with Gasteiger partial charge >= 0.3 is 0 Å². The van der Waals surface area contributed by atoms with Crippen LogP contribution in [0.2, 0.25) is 0 Å². The maximum atomic E-state index is 4.32. The molecule has 0 radical (unpaired) electrons. The molecular formula is C10H19N3S. The fourth-order valence-electron chi connectivity index (χ4n) is 1.31. The molecule has 0 bridgehead atoms. The van der Waals surface area contributed by atoms with Crippen molar-refractivity contribution in [3.05, 3.63) is 11.8 Å². The third-order valence-corrected chi connectivity index (χ3v) is 3.54. The lowest BCUT2D eigenvalue weighted by Gasteiger charge is -2.12. The van der Waals surface area contributed by atoms with E-state index in [1.807, 2.05) is 37.5 Å². The van der Waals surface area contributed by atoms with Gasteiger partial charge in [0.25, 0.3) is 0 Å². The molecule has 1 heterocycles. The van der Waals surface area contributed by atoms with Gasteiger partial charge in [-0.2, -0.15) is 5.10 Å². The minimum absolute atomic E-state index is 0.593. The normalized spacial score (nSPS) is 13.1. The lowest BCUT2D eigenvalue weighted by atomic mass is 10.3. The summed E-state index contributed by atoms with van der Waals surface area (Å²) in [6, 6.07) is 2.72. The molecule has 80 valence electrons. The van der Waals surface area contributed by atoms with Gasteiger partial charge in [0.2, 0.25) is 0 Å². The number of rotatable bonds is 5. The summed E-state index contributed by atoms with van der Waals surface area (Å²) in [6.07, 6.45) is 1.17. The number of aryl methyl sites for hydroxylation is 2. The number of thioether (sulfide) groups is 1. The van der Waals surface area contributed by atoms with Gasteiger partial charge < -0.3 is 5.32 Å². The smallest absolute Gasteiger partial charge is 0.0939 e. The van der Waals surface area contributed by atoms with Crippen LogP contribution in [0, 0.1) is 6.92 Å². The van der Waals surface area contributed by atoms with Gasteiger partial charge in [0, 0.05) is 18.8 Å². The van der Waals surface area contributed by atoms with Crippen molar-refractivity contribution in [3.8, 4) is 0 Å². The summed E-state index contributed by atoms with van der Waals surface area (Å²) in [5.74, 6) is 1.10. The van der Waals surface area contributed by atoms with Crippen LogP contribution in [0.1, 0.15) is 19.0 Å². The molecule has 0 amide bonds. The molecule has 1 N–H and O–H groups in total. The molecule has 0 saturated carbocycles. The maximum absolute atomic E-state index is 4.32. The summed E-state index contributed by atoms with van der Waals surface area (Å²) in [5, 5.41) is 8.86. The Labute approximate surface area is 90.3 Å². The Bertz CT molecular complexity index is 279. The molecule has 1 aromatic heterocycles. The second-order valence-electron chi connectivity index (χ2n) is 3.45. The molecule has 1 unspecified atom stereocenters. The van der Waals surface area contributed by atoms with Crippen LogP contribution >= 0.6 is 11.8 Å². The maximum Gasteiger partial charge on any atom is 0.0939 e. The third-order valence-electron chi connectivity index (χ3n) is 2.29. The lowest BCUT2D eigenvalue weighted by molar-refractivity contribution is 0.600. The zero-order valence-electron chi connectivity index (χ0n) is 9.37. The molecule has 0 aromatic carbocycles. The van der Waals surface area contributed by atoms with Crippen LogP contribution in [-0.2, 0) is 7.05 Å². The van der Waals surface area contributed by atoms with E-state index in [0.717, 1.165) is 11.4 Å². The zero-order chi connectivity index (χ0) is 10.6. The molecule has 1 atom stereocenters. The van der Waals surface area contributed by atoms with Crippen molar-refractivity contribution in [2.24, 2.45) is 7.05 Å². The molecular weight excluding hydrogens is 194 g/mol. The van der Waals surface area contributed by atoms with Crippen molar-refractivity contribution in [1.29, 1.82) is 0 Å². The van der Waals surface area contributed by atoms with E-state index in [1.165, 1.54) is 11.4 Å². The van der Waals surface area contributed by atoms with Gasteiger partial charge in [-0.1, -0.05) is 6.92 Å². The van der Waals surface area contributed by atoms with Crippen LogP contribution in [0.4, 0.5) is 0 Å². The number of nitrogens with one attached hydrogen (secondary N) is 1. The van der Waals surface area contributed by atoms with Gasteiger partial charge in [0.1, 0.15) is 0 Å². The van der Waals surface area contributed by atoms with Crippen LogP contribution in [0.3, 0.4) is 0 Å². The summed E-state index contributed by atoms with van der Waals surface area (Å²) >= 11 is 1.86. The largest absolute Gasteiger partial charge is 0.316 e. The molecule has 3 nitrogen and oxygen atoms in total. The first-order valence-corrected chi connectivity index (χ1v) is 5.96. The molecule has 0 aliphatic heterocycles. The molecule has 1 aromatic rings. The van der Waals surface area contributed by atoms with E-state index in [-0.39, 0.29) is 0 Å². The second kappa shape index (κ2) is 5.41. The molecule has 0 aliphatic carbocycles. The minimum Gasteiger partial charge on any atom is -0.316 e. The van der Waals surface area contributed by atoms with E-state index in [2.05, 4.69) is 23.4 Å². The second-order valence-corrected chi connectivity index (χ2v) is 4.49. The van der Waals surface area contributed by atoms with E-state index in [0.29, 0.717) is 6.04 Å². The first kappa shape index (κ1) is 11.6. The monoisotopic (exact) mass is 213 g/mol. The molecule has 0 aliphatic rings. The van der Waals surface area contributed by atoms with Crippen LogP contribution in [0.5, 0.6) is 0 Å². The Balaban J connectivity index is 2.48. The SMILES string of the molecule is CCC(CSc1cc(C)nn1C)NC. The first-order chi connectivity index (χ1) is 6.67. The fourth-order valence-corrected chi connectivity index (χ4v) is 2.57. The Kier molecular flexibility index (Phi) is 4.48. The molecule has 4 heteroatoms. The lowest BCUT2D eigenvalue weighted by Crippen LogP contribution is -2.26. The highest BCUT2D eigenvalue weighted by Crippen LogP contribution is 2.19. The summed E-state index contributed by atoms with van der Waals surface area (Å²) in [5.41, 5.74) is 1.09. The zero-order valence-corrected chi connectivity index (χ0v) is 10.2. The minimum atomic E-state index is 0.593. The van der Waals surface area contributed by atoms with Crippen molar-refractivity contribution in [1.82, 2.24) is 15.1 Å². The van der Waals surface area contributed by atoms with E-state index in [9.17, 15) is 0 Å². The van der Waals surface area contributed by atoms with Crippen LogP contribution in [0.25, 0.3) is 0 Å². The fraction of sp³-hybridized carbons (Fsp3) is 0.700. The highest BCUT2D eigenvalue weighted by molar-refractivity contribution is 7.99. The third kappa shape index (κ3) is 3.03. The number of nitrogens with zero attached hydrogens (tertiary/aromatic N) is 2. The highest BCUT2D eigenvalue weighted by Gasteiger charge is 2.07. The van der Waals surface area contributed by atoms with Gasteiger partial charge in [-0.15, -0.1) is 11.8 Å². The molecule has 1 rings (SSSR count). The Morgan fingerprint density at radius 1 is 1.64 bits per heavy atom. The Morgan fingerprint density at radius 3 is 2.79 bits per heavy atom. The first-order valence-electron chi connectivity index (χ1n) is 4.98. The summed E-state index contributed by atoms with van der Waals surface area (Å²) in [4.78, 5) is 0. The molecule has 0 saturated heterocycles. The number of hydrogen-bond donors (Lipinski definition) is 1. The van der Waals surface area contributed by atoms with Crippen molar-refractivity contribution < 1.29 is 0 Å². The van der Waals surface area contributed by atoms with Crippen molar-refractivity contribution >= 4 is 11.8 Å².